The molecule has 0 unspecified atom stereocenters. The molecule has 1 atom stereocenters. The summed E-state index contributed by atoms with van der Waals surface area (Å²) < 4.78 is 14.7. The standard InChI is InChI=1S/C22H22FN3OS/c23-17-5-3-14-1-2-15(18(14)13-17)11-20(27)16-4-6-19-21(12-16)28-22(25-19)26-9-7-24-8-10-26/h3-6,12-13,15,24H,1-2,7-11H2/t15-/m1/s1. The Hall–Kier alpha value is -2.31. The number of benzene rings is 2. The first-order chi connectivity index (χ1) is 13.7. The predicted octanol–water partition coefficient (Wildman–Crippen LogP) is 4.15. The van der Waals surface area contributed by atoms with Crippen LogP contribution in [0, 0.1) is 5.82 Å². The second-order valence-electron chi connectivity index (χ2n) is 7.62. The van der Waals surface area contributed by atoms with Crippen LogP contribution in [-0.4, -0.2) is 36.9 Å². The zero-order valence-corrected chi connectivity index (χ0v) is 16.4. The molecule has 1 aromatic heterocycles. The number of aryl methyl sites for hydroxylation is 1. The normalized spacial score (nSPS) is 19.2. The SMILES string of the molecule is O=C(C[C@H]1CCc2ccc(F)cc21)c1ccc2nc(N3CCNCC3)sc2c1. The molecule has 1 aliphatic carbocycles. The number of piperazine rings is 1. The van der Waals surface area contributed by atoms with Crippen molar-refractivity contribution in [2.45, 2.75) is 25.2 Å². The lowest BCUT2D eigenvalue weighted by molar-refractivity contribution is 0.0973. The van der Waals surface area contributed by atoms with E-state index in [1.807, 2.05) is 24.3 Å². The van der Waals surface area contributed by atoms with E-state index >= 15 is 0 Å². The molecular formula is C22H22FN3OS. The van der Waals surface area contributed by atoms with Crippen LogP contribution >= 0.6 is 11.3 Å². The highest BCUT2D eigenvalue weighted by Gasteiger charge is 2.26. The van der Waals surface area contributed by atoms with E-state index in [9.17, 15) is 9.18 Å². The second kappa shape index (κ2) is 7.26. The first-order valence-corrected chi connectivity index (χ1v) is 10.7. The van der Waals surface area contributed by atoms with Crippen LogP contribution in [0.15, 0.2) is 36.4 Å². The van der Waals surface area contributed by atoms with E-state index in [1.165, 1.54) is 11.6 Å². The molecule has 1 aliphatic heterocycles. The summed E-state index contributed by atoms with van der Waals surface area (Å²) in [5, 5.41) is 4.38. The fourth-order valence-corrected chi connectivity index (χ4v) is 5.35. The smallest absolute Gasteiger partial charge is 0.186 e. The van der Waals surface area contributed by atoms with Crippen molar-refractivity contribution >= 4 is 32.5 Å². The van der Waals surface area contributed by atoms with Gasteiger partial charge in [-0.15, -0.1) is 0 Å². The Morgan fingerprint density at radius 1 is 1.21 bits per heavy atom. The molecular weight excluding hydrogens is 373 g/mol. The number of nitrogens with zero attached hydrogens (tertiary/aromatic N) is 2. The summed E-state index contributed by atoms with van der Waals surface area (Å²) in [7, 11) is 0. The van der Waals surface area contributed by atoms with E-state index in [0.29, 0.717) is 6.42 Å². The minimum atomic E-state index is -0.218. The van der Waals surface area contributed by atoms with Gasteiger partial charge in [-0.2, -0.15) is 0 Å². The number of hydrogen-bond donors (Lipinski definition) is 1. The zero-order valence-electron chi connectivity index (χ0n) is 15.6. The number of nitrogens with one attached hydrogen (secondary N) is 1. The number of anilines is 1. The van der Waals surface area contributed by atoms with Gasteiger partial charge in [0.05, 0.1) is 10.2 Å². The summed E-state index contributed by atoms with van der Waals surface area (Å²) in [5.74, 6) is 0.0255. The molecule has 4 nitrogen and oxygen atoms in total. The minimum Gasteiger partial charge on any atom is -0.346 e. The lowest BCUT2D eigenvalue weighted by Crippen LogP contribution is -2.43. The summed E-state index contributed by atoms with van der Waals surface area (Å²) in [6.07, 6.45) is 2.28. The number of hydrogen-bond acceptors (Lipinski definition) is 5. The third-order valence-corrected chi connectivity index (χ3v) is 6.91. The van der Waals surface area contributed by atoms with Crippen molar-refractivity contribution in [3.8, 4) is 0 Å². The van der Waals surface area contributed by atoms with E-state index in [0.717, 1.165) is 65.5 Å². The third kappa shape index (κ3) is 3.31. The molecule has 144 valence electrons. The number of carbonyl (C=O) groups is 1. The number of Topliss-reactive ketones (excluding diaryl/α,β-unsaturated/α-hetero) is 1. The largest absolute Gasteiger partial charge is 0.346 e. The van der Waals surface area contributed by atoms with Crippen LogP contribution < -0.4 is 10.2 Å². The number of halogens is 1. The van der Waals surface area contributed by atoms with E-state index in [-0.39, 0.29) is 17.5 Å². The highest BCUT2D eigenvalue weighted by Crippen LogP contribution is 2.37. The van der Waals surface area contributed by atoms with Crippen LogP contribution in [0.3, 0.4) is 0 Å². The molecule has 1 fully saturated rings. The zero-order chi connectivity index (χ0) is 19.1. The molecule has 3 aromatic rings. The maximum Gasteiger partial charge on any atom is 0.186 e. The van der Waals surface area contributed by atoms with Gasteiger partial charge in [0.25, 0.3) is 0 Å². The van der Waals surface area contributed by atoms with Gasteiger partial charge in [0, 0.05) is 38.2 Å². The van der Waals surface area contributed by atoms with E-state index in [1.54, 1.807) is 17.4 Å². The number of carbonyl (C=O) groups excluding carboxylic acids is 1. The van der Waals surface area contributed by atoms with Crippen LogP contribution in [0.2, 0.25) is 0 Å². The van der Waals surface area contributed by atoms with Crippen molar-refractivity contribution in [2.75, 3.05) is 31.1 Å². The number of ketones is 1. The maximum absolute atomic E-state index is 13.6. The average Bonchev–Trinajstić information content (AvgIpc) is 3.32. The Kier molecular flexibility index (Phi) is 4.61. The Labute approximate surface area is 167 Å². The number of aromatic nitrogens is 1. The molecule has 2 aliphatic rings. The molecule has 2 aromatic carbocycles. The van der Waals surface area contributed by atoms with Gasteiger partial charge >= 0.3 is 0 Å². The molecule has 0 amide bonds. The summed E-state index contributed by atoms with van der Waals surface area (Å²) >= 11 is 1.65. The van der Waals surface area contributed by atoms with E-state index in [4.69, 9.17) is 4.98 Å². The topological polar surface area (TPSA) is 45.2 Å². The van der Waals surface area contributed by atoms with Crippen molar-refractivity contribution in [1.82, 2.24) is 10.3 Å². The first kappa shape index (κ1) is 17.8. The second-order valence-corrected chi connectivity index (χ2v) is 8.63. The first-order valence-electron chi connectivity index (χ1n) is 9.85. The number of fused-ring (bicyclic) bond motifs is 2. The van der Waals surface area contributed by atoms with Crippen molar-refractivity contribution in [2.24, 2.45) is 0 Å². The van der Waals surface area contributed by atoms with Gasteiger partial charge in [-0.05, 0) is 60.2 Å². The molecule has 1 N–H and O–H groups in total. The van der Waals surface area contributed by atoms with Crippen molar-refractivity contribution in [1.29, 1.82) is 0 Å². The molecule has 1 saturated heterocycles. The van der Waals surface area contributed by atoms with Gasteiger partial charge in [0.2, 0.25) is 0 Å². The fraction of sp³-hybridized carbons (Fsp3) is 0.364. The average molecular weight is 396 g/mol. The Morgan fingerprint density at radius 2 is 2.07 bits per heavy atom. The molecule has 0 radical (unpaired) electrons. The molecule has 0 spiro atoms. The molecule has 2 heterocycles. The van der Waals surface area contributed by atoms with Gasteiger partial charge in [-0.1, -0.05) is 17.4 Å². The lowest BCUT2D eigenvalue weighted by Gasteiger charge is -2.26. The van der Waals surface area contributed by atoms with Crippen LogP contribution in [0.1, 0.15) is 40.2 Å². The van der Waals surface area contributed by atoms with Crippen molar-refractivity contribution in [3.05, 3.63) is 58.9 Å². The molecule has 0 bridgehead atoms. The highest BCUT2D eigenvalue weighted by molar-refractivity contribution is 7.22. The van der Waals surface area contributed by atoms with E-state index in [2.05, 4.69) is 10.2 Å². The van der Waals surface area contributed by atoms with E-state index < -0.39 is 0 Å². The quantitative estimate of drug-likeness (QED) is 0.674. The Balaban J connectivity index is 1.36. The van der Waals surface area contributed by atoms with Gasteiger partial charge in [0.1, 0.15) is 5.82 Å². The predicted molar refractivity (Wildman–Crippen MR) is 111 cm³/mol. The maximum atomic E-state index is 13.6. The van der Waals surface area contributed by atoms with Crippen LogP contribution in [-0.2, 0) is 6.42 Å². The van der Waals surface area contributed by atoms with Gasteiger partial charge in [-0.25, -0.2) is 9.37 Å². The van der Waals surface area contributed by atoms with Gasteiger partial charge < -0.3 is 10.2 Å². The lowest BCUT2D eigenvalue weighted by atomic mass is 9.93. The third-order valence-electron chi connectivity index (χ3n) is 5.83. The van der Waals surface area contributed by atoms with Crippen molar-refractivity contribution < 1.29 is 9.18 Å². The van der Waals surface area contributed by atoms with Gasteiger partial charge in [-0.3, -0.25) is 4.79 Å². The monoisotopic (exact) mass is 395 g/mol. The Bertz CT molecular complexity index is 1040. The van der Waals surface area contributed by atoms with Crippen LogP contribution in [0.4, 0.5) is 9.52 Å². The minimum absolute atomic E-state index is 0.117. The summed E-state index contributed by atoms with van der Waals surface area (Å²) in [6, 6.07) is 10.8. The number of thiazole rings is 1. The summed E-state index contributed by atoms with van der Waals surface area (Å²) in [6.45, 7) is 3.87. The number of rotatable bonds is 4. The van der Waals surface area contributed by atoms with Crippen LogP contribution in [0.5, 0.6) is 0 Å². The fourth-order valence-electron chi connectivity index (χ4n) is 4.29. The molecule has 6 heteroatoms. The Morgan fingerprint density at radius 3 is 2.93 bits per heavy atom. The van der Waals surface area contributed by atoms with Crippen LogP contribution in [0.25, 0.3) is 10.2 Å². The summed E-state index contributed by atoms with van der Waals surface area (Å²) in [5.41, 5.74) is 3.86. The molecule has 5 rings (SSSR count). The highest BCUT2D eigenvalue weighted by atomic mass is 32.1. The van der Waals surface area contributed by atoms with Crippen molar-refractivity contribution in [3.63, 3.8) is 0 Å². The molecule has 28 heavy (non-hydrogen) atoms. The molecule has 0 saturated carbocycles. The van der Waals surface area contributed by atoms with Gasteiger partial charge in [0.15, 0.2) is 10.9 Å². The summed E-state index contributed by atoms with van der Waals surface area (Å²) in [4.78, 5) is 20.0.